The van der Waals surface area contributed by atoms with Gasteiger partial charge in [-0.25, -0.2) is 0 Å². The second kappa shape index (κ2) is 5.60. The molecule has 20 heavy (non-hydrogen) atoms. The minimum absolute atomic E-state index is 0.00899. The van der Waals surface area contributed by atoms with Crippen molar-refractivity contribution in [2.45, 2.75) is 52.6 Å². The highest BCUT2D eigenvalue weighted by atomic mass is 16.3. The fourth-order valence-electron chi connectivity index (χ4n) is 3.24. The smallest absolute Gasteiger partial charge is 0.224 e. The lowest BCUT2D eigenvalue weighted by Crippen LogP contribution is -2.51. The van der Waals surface area contributed by atoms with Gasteiger partial charge in [0.25, 0.3) is 0 Å². The number of carbonyl (C=O) groups is 1. The van der Waals surface area contributed by atoms with Gasteiger partial charge in [0.2, 0.25) is 5.91 Å². The average molecular weight is 278 g/mol. The van der Waals surface area contributed by atoms with Gasteiger partial charge < -0.3 is 15.5 Å². The molecule has 1 fully saturated rings. The van der Waals surface area contributed by atoms with Crippen LogP contribution in [0.1, 0.15) is 52.3 Å². The molecule has 0 aliphatic heterocycles. The van der Waals surface area contributed by atoms with Crippen molar-refractivity contribution < 1.29 is 9.21 Å². The molecule has 3 N–H and O–H groups in total. The molecular formula is C16H26N2O2. The van der Waals surface area contributed by atoms with E-state index in [1.807, 2.05) is 19.1 Å². The van der Waals surface area contributed by atoms with Crippen molar-refractivity contribution in [1.82, 2.24) is 5.32 Å². The first-order chi connectivity index (χ1) is 9.34. The molecule has 1 aliphatic rings. The van der Waals surface area contributed by atoms with E-state index in [0.717, 1.165) is 18.6 Å². The summed E-state index contributed by atoms with van der Waals surface area (Å²) < 4.78 is 5.34. The lowest BCUT2D eigenvalue weighted by Gasteiger charge is -2.46. The van der Waals surface area contributed by atoms with Gasteiger partial charge in [-0.2, -0.15) is 0 Å². The first kappa shape index (κ1) is 15.1. The lowest BCUT2D eigenvalue weighted by atomic mass is 9.61. The molecule has 2 rings (SSSR count). The number of nitrogens with one attached hydrogen (secondary N) is 1. The molecule has 4 atom stereocenters. The standard InChI is InChI=1S/C16H26N2O2/c1-10-13(17)8-7-12(16(10,3)4)15(19)18-11(2)14-6-5-9-20-14/h5-6,9-13H,7-8,17H2,1-4H3,(H,18,19)/t10?,11-,12?,13?/m1/s1. The van der Waals surface area contributed by atoms with Gasteiger partial charge in [0.1, 0.15) is 5.76 Å². The quantitative estimate of drug-likeness (QED) is 0.893. The number of amides is 1. The van der Waals surface area contributed by atoms with Crippen molar-refractivity contribution in [2.75, 3.05) is 0 Å². The molecule has 1 aliphatic carbocycles. The predicted molar refractivity (Wildman–Crippen MR) is 78.9 cm³/mol. The molecule has 4 heteroatoms. The number of nitrogens with two attached hydrogens (primary N) is 1. The van der Waals surface area contributed by atoms with Crippen LogP contribution in [0.3, 0.4) is 0 Å². The topological polar surface area (TPSA) is 68.3 Å². The summed E-state index contributed by atoms with van der Waals surface area (Å²) in [6.45, 7) is 8.40. The largest absolute Gasteiger partial charge is 0.467 e. The second-order valence-electron chi connectivity index (χ2n) is 6.65. The minimum atomic E-state index is -0.0980. The lowest BCUT2D eigenvalue weighted by molar-refractivity contribution is -0.133. The Balaban J connectivity index is 2.05. The molecule has 1 aromatic rings. The molecule has 0 spiro atoms. The molecule has 3 unspecified atom stereocenters. The van der Waals surface area contributed by atoms with Crippen LogP contribution >= 0.6 is 0 Å². The molecule has 0 bridgehead atoms. The molecule has 1 amide bonds. The minimum Gasteiger partial charge on any atom is -0.467 e. The normalized spacial score (nSPS) is 30.8. The highest BCUT2D eigenvalue weighted by molar-refractivity contribution is 5.80. The summed E-state index contributed by atoms with van der Waals surface area (Å²) in [4.78, 5) is 12.6. The Morgan fingerprint density at radius 2 is 2.20 bits per heavy atom. The SMILES string of the molecule is CC1C(N)CCC(C(=O)N[C@H](C)c2ccco2)C1(C)C. The monoisotopic (exact) mass is 278 g/mol. The van der Waals surface area contributed by atoms with Crippen LogP contribution in [0.25, 0.3) is 0 Å². The van der Waals surface area contributed by atoms with E-state index in [2.05, 4.69) is 26.1 Å². The maximum Gasteiger partial charge on any atom is 0.224 e. The summed E-state index contributed by atoms with van der Waals surface area (Å²) in [7, 11) is 0. The Labute approximate surface area is 121 Å². The summed E-state index contributed by atoms with van der Waals surface area (Å²) in [5.41, 5.74) is 6.07. The van der Waals surface area contributed by atoms with E-state index >= 15 is 0 Å². The Morgan fingerprint density at radius 3 is 2.80 bits per heavy atom. The molecule has 1 saturated carbocycles. The van der Waals surface area contributed by atoms with E-state index in [1.165, 1.54) is 0 Å². The molecule has 112 valence electrons. The maximum absolute atomic E-state index is 12.6. The van der Waals surface area contributed by atoms with Gasteiger partial charge in [-0.05, 0) is 43.2 Å². The Kier molecular flexibility index (Phi) is 4.23. The van der Waals surface area contributed by atoms with Gasteiger partial charge in [0, 0.05) is 12.0 Å². The molecule has 4 nitrogen and oxygen atoms in total. The molecular weight excluding hydrogens is 252 g/mol. The van der Waals surface area contributed by atoms with Crippen LogP contribution in [-0.2, 0) is 4.79 Å². The summed E-state index contributed by atoms with van der Waals surface area (Å²) in [6, 6.07) is 3.81. The van der Waals surface area contributed by atoms with Crippen molar-refractivity contribution in [3.05, 3.63) is 24.2 Å². The van der Waals surface area contributed by atoms with E-state index < -0.39 is 0 Å². The van der Waals surface area contributed by atoms with Crippen LogP contribution in [0.2, 0.25) is 0 Å². The van der Waals surface area contributed by atoms with Gasteiger partial charge in [0.05, 0.1) is 12.3 Å². The third kappa shape index (κ3) is 2.75. The Morgan fingerprint density at radius 1 is 1.50 bits per heavy atom. The van der Waals surface area contributed by atoms with Crippen LogP contribution < -0.4 is 11.1 Å². The van der Waals surface area contributed by atoms with Crippen molar-refractivity contribution in [2.24, 2.45) is 23.0 Å². The fourth-order valence-corrected chi connectivity index (χ4v) is 3.24. The van der Waals surface area contributed by atoms with Crippen molar-refractivity contribution in [3.8, 4) is 0 Å². The predicted octanol–water partition coefficient (Wildman–Crippen LogP) is 2.86. The van der Waals surface area contributed by atoms with E-state index in [9.17, 15) is 4.79 Å². The van der Waals surface area contributed by atoms with E-state index in [-0.39, 0.29) is 29.3 Å². The van der Waals surface area contributed by atoms with Crippen LogP contribution in [0.4, 0.5) is 0 Å². The summed E-state index contributed by atoms with van der Waals surface area (Å²) in [5, 5.41) is 3.07. The highest BCUT2D eigenvalue weighted by Crippen LogP contribution is 2.44. The Bertz CT molecular complexity index is 453. The maximum atomic E-state index is 12.6. The van der Waals surface area contributed by atoms with Gasteiger partial charge in [-0.1, -0.05) is 20.8 Å². The zero-order chi connectivity index (χ0) is 14.9. The van der Waals surface area contributed by atoms with E-state index in [4.69, 9.17) is 10.2 Å². The summed E-state index contributed by atoms with van der Waals surface area (Å²) in [5.74, 6) is 1.25. The van der Waals surface area contributed by atoms with Gasteiger partial charge in [-0.15, -0.1) is 0 Å². The molecule has 1 aromatic heterocycles. The molecule has 1 heterocycles. The average Bonchev–Trinajstić information content (AvgIpc) is 2.89. The zero-order valence-corrected chi connectivity index (χ0v) is 12.8. The summed E-state index contributed by atoms with van der Waals surface area (Å²) in [6.07, 6.45) is 3.40. The number of carbonyl (C=O) groups excluding carboxylic acids is 1. The van der Waals surface area contributed by atoms with Crippen molar-refractivity contribution in [1.29, 1.82) is 0 Å². The first-order valence-corrected chi connectivity index (χ1v) is 7.43. The van der Waals surface area contributed by atoms with E-state index in [0.29, 0.717) is 5.92 Å². The Hall–Kier alpha value is -1.29. The highest BCUT2D eigenvalue weighted by Gasteiger charge is 2.45. The number of hydrogen-bond donors (Lipinski definition) is 2. The fraction of sp³-hybridized carbons (Fsp3) is 0.688. The third-order valence-corrected chi connectivity index (χ3v) is 5.15. The summed E-state index contributed by atoms with van der Waals surface area (Å²) >= 11 is 0. The number of furan rings is 1. The number of hydrogen-bond acceptors (Lipinski definition) is 3. The van der Waals surface area contributed by atoms with Crippen LogP contribution in [0, 0.1) is 17.3 Å². The first-order valence-electron chi connectivity index (χ1n) is 7.43. The van der Waals surface area contributed by atoms with Crippen LogP contribution in [0.5, 0.6) is 0 Å². The van der Waals surface area contributed by atoms with Crippen molar-refractivity contribution in [3.63, 3.8) is 0 Å². The zero-order valence-electron chi connectivity index (χ0n) is 12.8. The van der Waals surface area contributed by atoms with Gasteiger partial charge in [0.15, 0.2) is 0 Å². The van der Waals surface area contributed by atoms with Gasteiger partial charge >= 0.3 is 0 Å². The molecule has 0 aromatic carbocycles. The van der Waals surface area contributed by atoms with Crippen molar-refractivity contribution >= 4 is 5.91 Å². The van der Waals surface area contributed by atoms with Crippen LogP contribution in [-0.4, -0.2) is 11.9 Å². The third-order valence-electron chi connectivity index (χ3n) is 5.15. The van der Waals surface area contributed by atoms with Gasteiger partial charge in [-0.3, -0.25) is 4.79 Å². The molecule has 0 radical (unpaired) electrons. The van der Waals surface area contributed by atoms with E-state index in [1.54, 1.807) is 6.26 Å². The molecule has 0 saturated heterocycles. The second-order valence-corrected chi connectivity index (χ2v) is 6.65. The van der Waals surface area contributed by atoms with Crippen LogP contribution in [0.15, 0.2) is 22.8 Å². The number of rotatable bonds is 3.